The Morgan fingerprint density at radius 1 is 1.33 bits per heavy atom. The van der Waals surface area contributed by atoms with Crippen LogP contribution in [0, 0.1) is 0 Å². The molecule has 18 heavy (non-hydrogen) atoms. The summed E-state index contributed by atoms with van der Waals surface area (Å²) in [6.45, 7) is 5.08. The molecule has 1 rings (SSSR count). The maximum Gasteiger partial charge on any atom is 0.216 e. The third-order valence-electron chi connectivity index (χ3n) is 3.24. The van der Waals surface area contributed by atoms with Crippen molar-refractivity contribution in [2.24, 2.45) is 5.73 Å². The molecule has 1 atom stereocenters. The van der Waals surface area contributed by atoms with Crippen molar-refractivity contribution in [3.05, 3.63) is 0 Å². The molecular weight excluding hydrogens is 252 g/mol. The monoisotopic (exact) mass is 278 g/mol. The molecule has 0 aromatic carbocycles. The Labute approximate surface area is 111 Å². The molecule has 1 aliphatic rings. The molecule has 0 saturated carbocycles. The highest BCUT2D eigenvalue weighted by Gasteiger charge is 2.29. The largest absolute Gasteiger partial charge is 0.378 e. The molecule has 0 radical (unpaired) electrons. The molecule has 5 nitrogen and oxygen atoms in total. The lowest BCUT2D eigenvalue weighted by Gasteiger charge is -2.28. The van der Waals surface area contributed by atoms with Crippen LogP contribution in [-0.2, 0) is 14.8 Å². The molecule has 0 aromatic rings. The van der Waals surface area contributed by atoms with E-state index in [0.717, 1.165) is 25.7 Å². The average molecular weight is 278 g/mol. The summed E-state index contributed by atoms with van der Waals surface area (Å²) >= 11 is 0. The summed E-state index contributed by atoms with van der Waals surface area (Å²) in [5.41, 5.74) is 5.70. The third kappa shape index (κ3) is 4.84. The van der Waals surface area contributed by atoms with Crippen LogP contribution in [0.5, 0.6) is 0 Å². The fraction of sp³-hybridized carbons (Fsp3) is 1.00. The van der Waals surface area contributed by atoms with Crippen LogP contribution in [-0.4, -0.2) is 50.3 Å². The van der Waals surface area contributed by atoms with Crippen molar-refractivity contribution in [2.75, 3.05) is 25.4 Å². The quantitative estimate of drug-likeness (QED) is 0.785. The Balaban J connectivity index is 2.62. The normalized spacial score (nSPS) is 23.2. The van der Waals surface area contributed by atoms with Crippen molar-refractivity contribution >= 4 is 10.0 Å². The van der Waals surface area contributed by atoms with E-state index in [4.69, 9.17) is 10.5 Å². The van der Waals surface area contributed by atoms with Gasteiger partial charge in [0.15, 0.2) is 0 Å². The van der Waals surface area contributed by atoms with Crippen molar-refractivity contribution in [3.8, 4) is 0 Å². The van der Waals surface area contributed by atoms with Gasteiger partial charge in [-0.2, -0.15) is 4.31 Å². The Kier molecular flexibility index (Phi) is 6.55. The number of nitrogens with two attached hydrogens (primary N) is 1. The zero-order valence-corrected chi connectivity index (χ0v) is 12.3. The standard InChI is InChI=1S/C12H26N2O3S/c1-11(2)17-8-9-18(15,16)14-7-5-3-4-6-12(14)10-13/h11-12H,3-10,13H2,1-2H3. The van der Waals surface area contributed by atoms with Crippen LogP contribution in [0.15, 0.2) is 0 Å². The molecule has 0 spiro atoms. The molecule has 1 fully saturated rings. The van der Waals surface area contributed by atoms with E-state index in [9.17, 15) is 8.42 Å². The van der Waals surface area contributed by atoms with Crippen molar-refractivity contribution in [3.63, 3.8) is 0 Å². The Bertz CT molecular complexity index is 330. The smallest absolute Gasteiger partial charge is 0.216 e. The summed E-state index contributed by atoms with van der Waals surface area (Å²) in [6.07, 6.45) is 4.03. The van der Waals surface area contributed by atoms with Gasteiger partial charge >= 0.3 is 0 Å². The molecule has 1 heterocycles. The molecule has 108 valence electrons. The number of nitrogens with zero attached hydrogens (tertiary/aromatic N) is 1. The minimum atomic E-state index is -3.24. The molecular formula is C12H26N2O3S. The highest BCUT2D eigenvalue weighted by Crippen LogP contribution is 2.19. The fourth-order valence-electron chi connectivity index (χ4n) is 2.26. The molecule has 1 saturated heterocycles. The second-order valence-electron chi connectivity index (χ2n) is 5.09. The topological polar surface area (TPSA) is 72.6 Å². The second-order valence-corrected chi connectivity index (χ2v) is 7.13. The first-order valence-electron chi connectivity index (χ1n) is 6.78. The molecule has 1 unspecified atom stereocenters. The minimum Gasteiger partial charge on any atom is -0.378 e. The van der Waals surface area contributed by atoms with E-state index < -0.39 is 10.0 Å². The number of ether oxygens (including phenoxy) is 1. The highest BCUT2D eigenvalue weighted by atomic mass is 32.2. The van der Waals surface area contributed by atoms with Crippen molar-refractivity contribution < 1.29 is 13.2 Å². The van der Waals surface area contributed by atoms with Gasteiger partial charge in [0.25, 0.3) is 0 Å². The third-order valence-corrected chi connectivity index (χ3v) is 5.12. The van der Waals surface area contributed by atoms with Crippen molar-refractivity contribution in [1.29, 1.82) is 0 Å². The maximum absolute atomic E-state index is 12.3. The van der Waals surface area contributed by atoms with E-state index in [2.05, 4.69) is 0 Å². The Hall–Kier alpha value is -0.170. The predicted molar refractivity (Wildman–Crippen MR) is 72.9 cm³/mol. The van der Waals surface area contributed by atoms with Crippen LogP contribution in [0.4, 0.5) is 0 Å². The highest BCUT2D eigenvalue weighted by molar-refractivity contribution is 7.89. The lowest BCUT2D eigenvalue weighted by Crippen LogP contribution is -2.45. The van der Waals surface area contributed by atoms with Gasteiger partial charge < -0.3 is 10.5 Å². The fourth-order valence-corrected chi connectivity index (χ4v) is 3.85. The van der Waals surface area contributed by atoms with Gasteiger partial charge in [0.2, 0.25) is 10.0 Å². The van der Waals surface area contributed by atoms with Crippen LogP contribution in [0.2, 0.25) is 0 Å². The van der Waals surface area contributed by atoms with E-state index in [1.165, 1.54) is 0 Å². The van der Waals surface area contributed by atoms with E-state index in [1.54, 1.807) is 4.31 Å². The van der Waals surface area contributed by atoms with Gasteiger partial charge in [-0.1, -0.05) is 12.8 Å². The van der Waals surface area contributed by atoms with E-state index in [0.29, 0.717) is 13.1 Å². The maximum atomic E-state index is 12.3. The summed E-state index contributed by atoms with van der Waals surface area (Å²) < 4.78 is 31.5. The van der Waals surface area contributed by atoms with Gasteiger partial charge in [-0.05, 0) is 26.7 Å². The van der Waals surface area contributed by atoms with Crippen molar-refractivity contribution in [1.82, 2.24) is 4.31 Å². The van der Waals surface area contributed by atoms with Crippen LogP contribution in [0.25, 0.3) is 0 Å². The van der Waals surface area contributed by atoms with Gasteiger partial charge in [0.05, 0.1) is 18.5 Å². The van der Waals surface area contributed by atoms with Gasteiger partial charge in [0.1, 0.15) is 0 Å². The molecule has 2 N–H and O–H groups in total. The van der Waals surface area contributed by atoms with Crippen LogP contribution in [0.1, 0.15) is 39.5 Å². The summed E-state index contributed by atoms with van der Waals surface area (Å²) in [5, 5.41) is 0. The molecule has 0 aromatic heterocycles. The van der Waals surface area contributed by atoms with Crippen LogP contribution < -0.4 is 5.73 Å². The summed E-state index contributed by atoms with van der Waals surface area (Å²) in [5.74, 6) is 0.0572. The van der Waals surface area contributed by atoms with Crippen LogP contribution >= 0.6 is 0 Å². The van der Waals surface area contributed by atoms with Gasteiger partial charge in [-0.15, -0.1) is 0 Å². The first kappa shape index (κ1) is 15.9. The Morgan fingerprint density at radius 2 is 2.06 bits per heavy atom. The minimum absolute atomic E-state index is 0.0310. The first-order chi connectivity index (χ1) is 8.47. The van der Waals surface area contributed by atoms with Crippen LogP contribution in [0.3, 0.4) is 0 Å². The zero-order chi connectivity index (χ0) is 13.6. The van der Waals surface area contributed by atoms with Crippen molar-refractivity contribution in [2.45, 2.75) is 51.7 Å². The summed E-state index contributed by atoms with van der Waals surface area (Å²) in [6, 6.07) is -0.0310. The summed E-state index contributed by atoms with van der Waals surface area (Å²) in [7, 11) is -3.24. The molecule has 0 bridgehead atoms. The molecule has 0 amide bonds. The zero-order valence-electron chi connectivity index (χ0n) is 11.5. The predicted octanol–water partition coefficient (Wildman–Crippen LogP) is 0.945. The second kappa shape index (κ2) is 7.43. The average Bonchev–Trinajstić information content (AvgIpc) is 2.53. The lowest BCUT2D eigenvalue weighted by molar-refractivity contribution is 0.0905. The van der Waals surface area contributed by atoms with Gasteiger partial charge in [-0.3, -0.25) is 0 Å². The molecule has 1 aliphatic heterocycles. The number of rotatable bonds is 6. The molecule has 6 heteroatoms. The summed E-state index contributed by atoms with van der Waals surface area (Å²) in [4.78, 5) is 0. The SMILES string of the molecule is CC(C)OCCS(=O)(=O)N1CCCCCC1CN. The lowest BCUT2D eigenvalue weighted by atomic mass is 10.1. The number of hydrogen-bond donors (Lipinski definition) is 1. The van der Waals surface area contributed by atoms with E-state index >= 15 is 0 Å². The number of hydrogen-bond acceptors (Lipinski definition) is 4. The van der Waals surface area contributed by atoms with Gasteiger partial charge in [0, 0.05) is 19.1 Å². The first-order valence-corrected chi connectivity index (χ1v) is 8.39. The van der Waals surface area contributed by atoms with E-state index in [1.807, 2.05) is 13.8 Å². The number of sulfonamides is 1. The molecule has 0 aliphatic carbocycles. The Morgan fingerprint density at radius 3 is 2.67 bits per heavy atom. The van der Waals surface area contributed by atoms with Gasteiger partial charge in [-0.25, -0.2) is 8.42 Å². The van der Waals surface area contributed by atoms with E-state index in [-0.39, 0.29) is 24.5 Å².